The van der Waals surface area contributed by atoms with Gasteiger partial charge in [-0.15, -0.1) is 0 Å². The van der Waals surface area contributed by atoms with E-state index >= 15 is 0 Å². The van der Waals surface area contributed by atoms with Crippen LogP contribution in [0, 0.1) is 0 Å². The van der Waals surface area contributed by atoms with Crippen LogP contribution in [-0.4, -0.2) is 45.8 Å². The van der Waals surface area contributed by atoms with E-state index in [9.17, 15) is 0 Å². The van der Waals surface area contributed by atoms with Gasteiger partial charge in [0.25, 0.3) is 0 Å². The third-order valence-corrected chi connectivity index (χ3v) is 0. The van der Waals surface area contributed by atoms with Crippen molar-refractivity contribution in [3.8, 4) is 0 Å². The van der Waals surface area contributed by atoms with Crippen LogP contribution in [0.2, 0.25) is 0 Å². The Morgan fingerprint density at radius 1 is 1.12 bits per heavy atom. The summed E-state index contributed by atoms with van der Waals surface area (Å²) in [5.41, 5.74) is 0. The average molecular weight is 216 g/mol. The first-order valence-electron chi connectivity index (χ1n) is 0.698. The zero-order valence-electron chi connectivity index (χ0n) is 2.47. The Morgan fingerprint density at radius 3 is 1.12 bits per heavy atom. The minimum Gasteiger partial charge on any atom is -0.264 e. The zero-order valence-corrected chi connectivity index (χ0v) is 4.39. The van der Waals surface area contributed by atoms with E-state index in [1.54, 1.807) is 0 Å². The Labute approximate surface area is 73.2 Å². The molecule has 54 valence electrons. The van der Waals surface area contributed by atoms with Crippen LogP contribution in [0.25, 0.3) is 0 Å². The van der Waals surface area contributed by atoms with E-state index in [1.807, 2.05) is 0 Å². The van der Waals surface area contributed by atoms with E-state index in [-0.39, 0.29) is 45.4 Å². The summed E-state index contributed by atoms with van der Waals surface area (Å²) in [5, 5.41) is 0. The Hall–Kier alpha value is 1.14. The molecule has 0 unspecified atom stereocenters. The molecule has 4 nitrogen and oxygen atoms in total. The summed E-state index contributed by atoms with van der Waals surface area (Å²) in [5.74, 6) is 0. The first kappa shape index (κ1) is 22.9. The van der Waals surface area contributed by atoms with Gasteiger partial charge in [0.1, 0.15) is 0 Å². The van der Waals surface area contributed by atoms with Crippen molar-refractivity contribution in [3.05, 3.63) is 0 Å². The van der Waals surface area contributed by atoms with Crippen molar-refractivity contribution in [1.82, 2.24) is 0 Å². The normalized spacial score (nSPS) is 7.25. The molecule has 0 aliphatic heterocycles. The van der Waals surface area contributed by atoms with Crippen LogP contribution >= 0.6 is 0 Å². The second kappa shape index (κ2) is 8.14. The quantitative estimate of drug-likeness (QED) is 0.328. The zero-order chi connectivity index (χ0) is 4.50. The van der Waals surface area contributed by atoms with E-state index in [4.69, 9.17) is 17.5 Å². The first-order chi connectivity index (χ1) is 2.00. The summed E-state index contributed by atoms with van der Waals surface area (Å²) >= 11 is 0. The molecule has 0 aromatic carbocycles. The molecule has 8 heavy (non-hydrogen) atoms. The maximum absolute atomic E-state index is 8.74. The molecule has 0 aromatic rings. The van der Waals surface area contributed by atoms with Crippen LogP contribution in [0.15, 0.2) is 0 Å². The van der Waals surface area contributed by atoms with Crippen molar-refractivity contribution in [2.45, 2.75) is 0 Å². The topological polar surface area (TPSA) is 74.6 Å². The van der Waals surface area contributed by atoms with E-state index in [1.165, 1.54) is 0 Å². The average Bonchev–Trinajstić information content (AvgIpc) is 0.722. The van der Waals surface area contributed by atoms with Gasteiger partial charge in [-0.2, -0.15) is 8.42 Å². The second-order valence-corrected chi connectivity index (χ2v) is 1.34. The summed E-state index contributed by atoms with van der Waals surface area (Å²) in [6.45, 7) is 0. The first-order valence-corrected chi connectivity index (χ1v) is 2.10. The molecule has 0 atom stereocenters. The molecule has 0 aliphatic rings. The molecule has 0 fully saturated rings. The van der Waals surface area contributed by atoms with E-state index in [0.29, 0.717) is 0 Å². The molecule has 8 heteroatoms. The van der Waals surface area contributed by atoms with Gasteiger partial charge in [-0.05, 0) is 11.0 Å². The molecule has 0 rings (SSSR count). The number of hydrogen-bond acceptors (Lipinski definition) is 2. The minimum atomic E-state index is -4.67. The van der Waals surface area contributed by atoms with Crippen LogP contribution < -0.4 is 0 Å². The molecule has 0 radical (unpaired) electrons. The Bertz CT molecular complexity index is 99.2. The van der Waals surface area contributed by atoms with Crippen molar-refractivity contribution in [2.24, 2.45) is 0 Å². The van der Waals surface area contributed by atoms with E-state index < -0.39 is 10.4 Å². The van der Waals surface area contributed by atoms with Gasteiger partial charge >= 0.3 is 10.4 Å². The molecule has 0 saturated carbocycles. The maximum atomic E-state index is 8.74. The van der Waals surface area contributed by atoms with Crippen LogP contribution in [0.3, 0.4) is 0 Å². The largest absolute Gasteiger partial charge is 0.394 e. The van der Waals surface area contributed by atoms with Gasteiger partial charge in [-0.25, -0.2) is 0 Å². The Morgan fingerprint density at radius 2 is 1.12 bits per heavy atom. The fourth-order valence-corrected chi connectivity index (χ4v) is 0. The van der Waals surface area contributed by atoms with Crippen LogP contribution in [-0.2, 0) is 27.5 Å². The van der Waals surface area contributed by atoms with Crippen LogP contribution in [0.1, 0.15) is 0 Å². The van der Waals surface area contributed by atoms with Gasteiger partial charge < -0.3 is 0 Å². The predicted molar refractivity (Wildman–Crippen MR) is 35.5 cm³/mol. The molecule has 0 amide bonds. The van der Waals surface area contributed by atoms with Gasteiger partial charge in [-0.1, -0.05) is 0 Å². The van der Waals surface area contributed by atoms with E-state index in [0.717, 1.165) is 0 Å². The molecule has 0 bridgehead atoms. The smallest absolute Gasteiger partial charge is 0.264 e. The van der Waals surface area contributed by atoms with E-state index in [2.05, 4.69) is 0 Å². The summed E-state index contributed by atoms with van der Waals surface area (Å²) in [4.78, 5) is 0. The van der Waals surface area contributed by atoms with Crippen molar-refractivity contribution >= 4 is 38.7 Å². The standard InChI is InChI=1S/Al.Fe.H2O4S.H4Si.3H/c;;1-5(2,3)4;;;;/h;;(H2,1,2,3,4);1H4;;;. The minimum absolute atomic E-state index is 0. The molecular weight excluding hydrogens is 207 g/mol. The Balaban J connectivity index is -0.0000000267. The van der Waals surface area contributed by atoms with Crippen LogP contribution in [0.5, 0.6) is 0 Å². The Kier molecular flexibility index (Phi) is 23.3. The van der Waals surface area contributed by atoms with Crippen molar-refractivity contribution in [1.29, 1.82) is 0 Å². The van der Waals surface area contributed by atoms with Gasteiger partial charge in [0.05, 0.1) is 0 Å². The van der Waals surface area contributed by atoms with Crippen molar-refractivity contribution in [3.63, 3.8) is 0 Å². The van der Waals surface area contributed by atoms with Gasteiger partial charge in [-0.3, -0.25) is 9.11 Å². The summed E-state index contributed by atoms with van der Waals surface area (Å²) in [6, 6.07) is 0. The molecular formula is H9AlFeO4SSi. The molecule has 0 aliphatic carbocycles. The fourth-order valence-electron chi connectivity index (χ4n) is 0. The van der Waals surface area contributed by atoms with Crippen molar-refractivity contribution in [2.75, 3.05) is 0 Å². The molecule has 0 aromatic heterocycles. The van der Waals surface area contributed by atoms with Crippen molar-refractivity contribution < 1.29 is 34.6 Å². The second-order valence-electron chi connectivity index (χ2n) is 0.448. The number of hydrogen-bond donors (Lipinski definition) is 2. The third-order valence-electron chi connectivity index (χ3n) is 0. The monoisotopic (exact) mass is 216 g/mol. The van der Waals surface area contributed by atoms with Gasteiger partial charge in [0.2, 0.25) is 0 Å². The summed E-state index contributed by atoms with van der Waals surface area (Å²) in [6.07, 6.45) is 0. The van der Waals surface area contributed by atoms with Gasteiger partial charge in [0, 0.05) is 17.1 Å². The van der Waals surface area contributed by atoms with Crippen LogP contribution in [0.4, 0.5) is 0 Å². The number of rotatable bonds is 0. The van der Waals surface area contributed by atoms with Gasteiger partial charge in [0.15, 0.2) is 17.4 Å². The maximum Gasteiger partial charge on any atom is 0.394 e. The third kappa shape index (κ3) is 207. The fraction of sp³-hybridized carbons (Fsp3) is 0. The molecule has 0 spiro atoms. The summed E-state index contributed by atoms with van der Waals surface area (Å²) < 4.78 is 31.6. The molecule has 2 N–H and O–H groups in total. The summed E-state index contributed by atoms with van der Waals surface area (Å²) in [7, 11) is -4.67. The predicted octanol–water partition coefficient (Wildman–Crippen LogP) is -3.29. The SMILES string of the molecule is O=S(=O)(O)O.[AlH3].[Fe].[SiH4]. The molecule has 0 saturated heterocycles. The molecule has 0 heterocycles.